The fourth-order valence-corrected chi connectivity index (χ4v) is 3.09. The zero-order valence-electron chi connectivity index (χ0n) is 16.9. The van der Waals surface area contributed by atoms with Gasteiger partial charge in [0.15, 0.2) is 5.96 Å². The number of hydrogen-bond acceptors (Lipinski definition) is 4. The number of guanidine groups is 1. The van der Waals surface area contributed by atoms with Crippen molar-refractivity contribution in [2.75, 3.05) is 59.4 Å². The molecule has 0 spiro atoms. The number of halogens is 1. The molecule has 1 aromatic rings. The van der Waals surface area contributed by atoms with E-state index in [0.29, 0.717) is 12.3 Å². The molecule has 1 saturated heterocycles. The van der Waals surface area contributed by atoms with Gasteiger partial charge >= 0.3 is 0 Å². The molecule has 0 aliphatic carbocycles. The second-order valence-corrected chi connectivity index (χ2v) is 6.76. The normalized spacial score (nSPS) is 17.6. The van der Waals surface area contributed by atoms with Crippen LogP contribution in [0.1, 0.15) is 20.3 Å². The Morgan fingerprint density at radius 1 is 1.19 bits per heavy atom. The van der Waals surface area contributed by atoms with Crippen LogP contribution in [0.15, 0.2) is 29.3 Å². The van der Waals surface area contributed by atoms with E-state index in [4.69, 9.17) is 4.74 Å². The summed E-state index contributed by atoms with van der Waals surface area (Å²) in [5.74, 6) is 1.04. The highest BCUT2D eigenvalue weighted by molar-refractivity contribution is 5.79. The maximum Gasteiger partial charge on any atom is 0.191 e. The predicted molar refractivity (Wildman–Crippen MR) is 109 cm³/mol. The van der Waals surface area contributed by atoms with Crippen LogP contribution in [0.3, 0.4) is 0 Å². The smallest absolute Gasteiger partial charge is 0.191 e. The second kappa shape index (κ2) is 11.8. The van der Waals surface area contributed by atoms with Crippen LogP contribution in [0, 0.1) is 5.82 Å². The first kappa shape index (κ1) is 21.4. The lowest BCUT2D eigenvalue weighted by atomic mass is 10.2. The largest absolute Gasteiger partial charge is 0.489 e. The first-order valence-electron chi connectivity index (χ1n) is 9.96. The van der Waals surface area contributed by atoms with Crippen molar-refractivity contribution in [2.24, 2.45) is 4.99 Å². The van der Waals surface area contributed by atoms with E-state index >= 15 is 0 Å². The van der Waals surface area contributed by atoms with Crippen molar-refractivity contribution in [1.82, 2.24) is 20.4 Å². The number of aliphatic imine (C=N–C) groups is 1. The Morgan fingerprint density at radius 2 is 1.93 bits per heavy atom. The molecule has 0 saturated carbocycles. The Kier molecular flexibility index (Phi) is 9.35. The third-order valence-corrected chi connectivity index (χ3v) is 4.91. The molecule has 0 bridgehead atoms. The van der Waals surface area contributed by atoms with Gasteiger partial charge in [-0.2, -0.15) is 0 Å². The van der Waals surface area contributed by atoms with E-state index in [2.05, 4.69) is 39.3 Å². The maximum atomic E-state index is 13.3. The van der Waals surface area contributed by atoms with Crippen LogP contribution in [0.25, 0.3) is 0 Å². The van der Waals surface area contributed by atoms with E-state index in [1.54, 1.807) is 19.2 Å². The number of ether oxygens (including phenoxy) is 1. The van der Waals surface area contributed by atoms with Crippen molar-refractivity contribution < 1.29 is 9.13 Å². The van der Waals surface area contributed by atoms with Gasteiger partial charge in [-0.3, -0.25) is 9.89 Å². The zero-order valence-corrected chi connectivity index (χ0v) is 16.9. The lowest BCUT2D eigenvalue weighted by molar-refractivity contribution is 0.139. The third-order valence-electron chi connectivity index (χ3n) is 4.91. The lowest BCUT2D eigenvalue weighted by Gasteiger charge is -2.34. The van der Waals surface area contributed by atoms with Crippen LogP contribution < -0.4 is 15.4 Å². The molecule has 1 aliphatic heterocycles. The number of rotatable bonds is 9. The van der Waals surface area contributed by atoms with Gasteiger partial charge in [0.2, 0.25) is 0 Å². The quantitative estimate of drug-likeness (QED) is 0.506. The monoisotopic (exact) mass is 379 g/mol. The van der Waals surface area contributed by atoms with E-state index < -0.39 is 0 Å². The molecule has 1 aliphatic rings. The van der Waals surface area contributed by atoms with Crippen LogP contribution in [0.2, 0.25) is 0 Å². The first-order chi connectivity index (χ1) is 13.1. The van der Waals surface area contributed by atoms with Gasteiger partial charge in [-0.1, -0.05) is 19.9 Å². The highest BCUT2D eigenvalue weighted by atomic mass is 19.1. The number of hydrogen-bond donors (Lipinski definition) is 2. The van der Waals surface area contributed by atoms with E-state index in [-0.39, 0.29) is 11.9 Å². The Labute approximate surface area is 162 Å². The summed E-state index contributed by atoms with van der Waals surface area (Å²) < 4.78 is 19.2. The number of likely N-dealkylation sites (N-methyl/N-ethyl adjacent to an activating group) is 1. The summed E-state index contributed by atoms with van der Waals surface area (Å²) in [5, 5.41) is 6.67. The van der Waals surface area contributed by atoms with Gasteiger partial charge in [0, 0.05) is 52.4 Å². The molecule has 27 heavy (non-hydrogen) atoms. The summed E-state index contributed by atoms with van der Waals surface area (Å²) in [6.07, 6.45) is 0.773. The first-order valence-corrected chi connectivity index (χ1v) is 9.96. The van der Waals surface area contributed by atoms with Gasteiger partial charge in [0.1, 0.15) is 17.7 Å². The molecule has 6 nitrogen and oxygen atoms in total. The summed E-state index contributed by atoms with van der Waals surface area (Å²) in [7, 11) is 1.77. The van der Waals surface area contributed by atoms with Crippen molar-refractivity contribution in [3.8, 4) is 5.75 Å². The zero-order chi connectivity index (χ0) is 19.5. The molecule has 1 heterocycles. The third kappa shape index (κ3) is 7.72. The number of nitrogens with one attached hydrogen (secondary N) is 2. The minimum Gasteiger partial charge on any atom is -0.489 e. The van der Waals surface area contributed by atoms with Crippen LogP contribution in [0.5, 0.6) is 5.75 Å². The van der Waals surface area contributed by atoms with E-state index in [9.17, 15) is 4.39 Å². The van der Waals surface area contributed by atoms with E-state index in [0.717, 1.165) is 58.2 Å². The predicted octanol–water partition coefficient (Wildman–Crippen LogP) is 1.79. The average Bonchev–Trinajstić information content (AvgIpc) is 2.70. The van der Waals surface area contributed by atoms with Gasteiger partial charge in [-0.25, -0.2) is 4.39 Å². The second-order valence-electron chi connectivity index (χ2n) is 6.76. The van der Waals surface area contributed by atoms with Crippen molar-refractivity contribution in [1.29, 1.82) is 0 Å². The maximum absolute atomic E-state index is 13.3. The molecule has 152 valence electrons. The summed E-state index contributed by atoms with van der Waals surface area (Å²) in [4.78, 5) is 9.24. The fourth-order valence-electron chi connectivity index (χ4n) is 3.09. The molecule has 0 amide bonds. The van der Waals surface area contributed by atoms with Crippen LogP contribution in [-0.2, 0) is 0 Å². The summed E-state index contributed by atoms with van der Waals surface area (Å²) in [6.45, 7) is 12.4. The lowest BCUT2D eigenvalue weighted by Crippen LogP contribution is -2.49. The number of benzene rings is 1. The SMILES string of the molecule is CCC(CNC(=NC)NCCN1CCN(CC)CC1)Oc1cccc(F)c1. The molecule has 2 rings (SSSR count). The molecule has 1 aromatic carbocycles. The molecule has 7 heteroatoms. The number of piperazine rings is 1. The summed E-state index contributed by atoms with van der Waals surface area (Å²) >= 11 is 0. The van der Waals surface area contributed by atoms with Gasteiger partial charge in [-0.05, 0) is 25.1 Å². The van der Waals surface area contributed by atoms with Gasteiger partial charge in [-0.15, -0.1) is 0 Å². The van der Waals surface area contributed by atoms with E-state index in [1.165, 1.54) is 12.1 Å². The van der Waals surface area contributed by atoms with Crippen LogP contribution >= 0.6 is 0 Å². The van der Waals surface area contributed by atoms with Crippen molar-refractivity contribution in [3.63, 3.8) is 0 Å². The fraction of sp³-hybridized carbons (Fsp3) is 0.650. The van der Waals surface area contributed by atoms with Gasteiger partial charge in [0.25, 0.3) is 0 Å². The van der Waals surface area contributed by atoms with Crippen molar-refractivity contribution >= 4 is 5.96 Å². The summed E-state index contributed by atoms with van der Waals surface area (Å²) in [6, 6.07) is 6.26. The highest BCUT2D eigenvalue weighted by Crippen LogP contribution is 2.14. The topological polar surface area (TPSA) is 52.1 Å². The molecular formula is C20H34FN5O. The minimum atomic E-state index is -0.285. The van der Waals surface area contributed by atoms with Crippen LogP contribution in [-0.4, -0.2) is 81.3 Å². The standard InChI is InChI=1S/C20H34FN5O/c1-4-18(27-19-8-6-7-17(21)15-19)16-24-20(22-3)23-9-10-26-13-11-25(5-2)12-14-26/h6-8,15,18H,4-5,9-14,16H2,1-3H3,(H2,22,23,24). The van der Waals surface area contributed by atoms with Gasteiger partial charge in [0.05, 0.1) is 6.54 Å². The Morgan fingerprint density at radius 3 is 2.56 bits per heavy atom. The molecule has 1 fully saturated rings. The van der Waals surface area contributed by atoms with Gasteiger partial charge < -0.3 is 20.3 Å². The highest BCUT2D eigenvalue weighted by Gasteiger charge is 2.15. The van der Waals surface area contributed by atoms with Crippen molar-refractivity contribution in [2.45, 2.75) is 26.4 Å². The molecular weight excluding hydrogens is 345 g/mol. The molecule has 1 atom stereocenters. The van der Waals surface area contributed by atoms with Crippen molar-refractivity contribution in [3.05, 3.63) is 30.1 Å². The Bertz CT molecular complexity index is 575. The molecule has 0 aromatic heterocycles. The average molecular weight is 380 g/mol. The molecule has 1 unspecified atom stereocenters. The van der Waals surface area contributed by atoms with Crippen LogP contribution in [0.4, 0.5) is 4.39 Å². The molecule has 2 N–H and O–H groups in total. The molecule has 0 radical (unpaired) electrons. The number of nitrogens with zero attached hydrogens (tertiary/aromatic N) is 3. The Balaban J connectivity index is 1.68. The summed E-state index contributed by atoms with van der Waals surface area (Å²) in [5.41, 5.74) is 0. The Hall–Kier alpha value is -1.86. The van der Waals surface area contributed by atoms with E-state index in [1.807, 2.05) is 0 Å². The minimum absolute atomic E-state index is 0.0486.